The van der Waals surface area contributed by atoms with Crippen LogP contribution in [0.25, 0.3) is 5.70 Å². The topological polar surface area (TPSA) is 112 Å². The molecule has 0 unspecified atom stereocenters. The number of nitrogens with zero attached hydrogens (tertiary/aromatic N) is 2. The van der Waals surface area contributed by atoms with E-state index in [1.54, 1.807) is 56.7 Å². The first kappa shape index (κ1) is 26.7. The highest BCUT2D eigenvalue weighted by Gasteiger charge is 2.20. The fraction of sp³-hybridized carbons (Fsp3) is 0.100. The fourth-order valence-corrected chi connectivity index (χ4v) is 3.85. The molecule has 198 valence electrons. The molecule has 0 radical (unpaired) electrons. The zero-order valence-electron chi connectivity index (χ0n) is 21.8. The number of aliphatic imine (C=N–C) groups is 1. The largest absolute Gasteiger partial charge is 0.493 e. The molecule has 3 aromatic rings. The predicted molar refractivity (Wildman–Crippen MR) is 152 cm³/mol. The highest BCUT2D eigenvalue weighted by atomic mass is 16.5. The molecule has 0 saturated heterocycles. The Morgan fingerprint density at radius 1 is 0.949 bits per heavy atom. The van der Waals surface area contributed by atoms with Crippen LogP contribution in [0.1, 0.15) is 33.2 Å². The minimum absolute atomic E-state index is 0.141. The smallest absolute Gasteiger partial charge is 0.335 e. The van der Waals surface area contributed by atoms with Gasteiger partial charge in [0.15, 0.2) is 17.3 Å². The van der Waals surface area contributed by atoms with Gasteiger partial charge in [-0.25, -0.2) is 9.79 Å². The van der Waals surface area contributed by atoms with E-state index < -0.39 is 5.97 Å². The molecule has 0 fully saturated rings. The van der Waals surface area contributed by atoms with Gasteiger partial charge in [-0.2, -0.15) is 0 Å². The van der Waals surface area contributed by atoms with Crippen LogP contribution < -0.4 is 20.1 Å². The van der Waals surface area contributed by atoms with Crippen LogP contribution in [0.3, 0.4) is 0 Å². The van der Waals surface area contributed by atoms with Crippen molar-refractivity contribution in [3.05, 3.63) is 114 Å². The average molecular weight is 525 g/mol. The molecule has 3 aromatic carbocycles. The number of carboxylic acid groups (broad SMARTS) is 1. The number of hydrogen-bond acceptors (Lipinski definition) is 7. The van der Waals surface area contributed by atoms with Gasteiger partial charge < -0.3 is 30.1 Å². The minimum atomic E-state index is -1.03. The first-order chi connectivity index (χ1) is 18.8. The van der Waals surface area contributed by atoms with Crippen molar-refractivity contribution in [1.82, 2.24) is 4.90 Å². The monoisotopic (exact) mass is 524 g/mol. The number of carbonyl (C=O) groups is 2. The van der Waals surface area contributed by atoms with E-state index in [4.69, 9.17) is 19.6 Å². The van der Waals surface area contributed by atoms with Gasteiger partial charge in [0, 0.05) is 41.0 Å². The molecule has 0 bridgehead atoms. The maximum Gasteiger partial charge on any atom is 0.335 e. The third kappa shape index (κ3) is 6.16. The van der Waals surface area contributed by atoms with Crippen LogP contribution >= 0.6 is 0 Å². The lowest BCUT2D eigenvalue weighted by Gasteiger charge is -2.26. The second-order valence-corrected chi connectivity index (χ2v) is 8.42. The van der Waals surface area contributed by atoms with E-state index >= 15 is 0 Å². The number of allylic oxidation sites excluding steroid dienone is 1. The zero-order valence-corrected chi connectivity index (χ0v) is 21.8. The van der Waals surface area contributed by atoms with E-state index in [0.29, 0.717) is 40.0 Å². The number of methoxy groups -OCH3 is 2. The van der Waals surface area contributed by atoms with Gasteiger partial charge >= 0.3 is 5.97 Å². The number of ether oxygens (including phenoxy) is 2. The second kappa shape index (κ2) is 11.8. The number of benzene rings is 3. The van der Waals surface area contributed by atoms with E-state index in [0.717, 1.165) is 11.3 Å². The zero-order chi connectivity index (χ0) is 27.9. The minimum Gasteiger partial charge on any atom is -0.493 e. The molecular formula is C30H28N4O5. The molecule has 4 rings (SSSR count). The van der Waals surface area contributed by atoms with Crippen LogP contribution in [-0.2, 0) is 0 Å². The first-order valence-corrected chi connectivity index (χ1v) is 12.0. The Kier molecular flexibility index (Phi) is 8.11. The van der Waals surface area contributed by atoms with Crippen LogP contribution in [0.5, 0.6) is 11.5 Å². The lowest BCUT2D eigenvalue weighted by molar-refractivity contribution is 0.0696. The molecule has 0 aromatic heterocycles. The molecular weight excluding hydrogens is 496 g/mol. The van der Waals surface area contributed by atoms with Crippen molar-refractivity contribution in [3.63, 3.8) is 0 Å². The van der Waals surface area contributed by atoms with Crippen LogP contribution in [0.15, 0.2) is 102 Å². The number of aromatic carboxylic acids is 1. The van der Waals surface area contributed by atoms with Gasteiger partial charge in [0.1, 0.15) is 0 Å². The van der Waals surface area contributed by atoms with Gasteiger partial charge in [0.2, 0.25) is 0 Å². The molecule has 1 aliphatic heterocycles. The van der Waals surface area contributed by atoms with Crippen molar-refractivity contribution in [2.24, 2.45) is 4.99 Å². The molecule has 0 saturated carbocycles. The van der Waals surface area contributed by atoms with Gasteiger partial charge in [-0.3, -0.25) is 4.79 Å². The maximum atomic E-state index is 13.0. The van der Waals surface area contributed by atoms with Crippen LogP contribution in [0.4, 0.5) is 11.4 Å². The summed E-state index contributed by atoms with van der Waals surface area (Å²) in [6.45, 7) is 6.09. The predicted octanol–water partition coefficient (Wildman–Crippen LogP) is 5.83. The highest BCUT2D eigenvalue weighted by Crippen LogP contribution is 2.31. The van der Waals surface area contributed by atoms with Crippen LogP contribution in [-0.4, -0.2) is 41.9 Å². The fourth-order valence-electron chi connectivity index (χ4n) is 3.85. The summed E-state index contributed by atoms with van der Waals surface area (Å²) in [7, 11) is 3.15. The van der Waals surface area contributed by atoms with Crippen molar-refractivity contribution in [2.45, 2.75) is 6.92 Å². The summed E-state index contributed by atoms with van der Waals surface area (Å²) < 4.78 is 10.7. The average Bonchev–Trinajstić information content (AvgIpc) is 2.95. The molecule has 0 spiro atoms. The molecule has 9 nitrogen and oxygen atoms in total. The van der Waals surface area contributed by atoms with Gasteiger partial charge in [-0.15, -0.1) is 0 Å². The molecule has 3 N–H and O–H groups in total. The lowest BCUT2D eigenvalue weighted by Crippen LogP contribution is -2.26. The van der Waals surface area contributed by atoms with Crippen molar-refractivity contribution in [2.75, 3.05) is 24.9 Å². The van der Waals surface area contributed by atoms with E-state index in [-0.39, 0.29) is 11.5 Å². The van der Waals surface area contributed by atoms with Gasteiger partial charge in [-0.1, -0.05) is 24.8 Å². The summed E-state index contributed by atoms with van der Waals surface area (Å²) in [6, 6.07) is 18.5. The van der Waals surface area contributed by atoms with Crippen molar-refractivity contribution in [3.8, 4) is 11.5 Å². The van der Waals surface area contributed by atoms with Crippen LogP contribution in [0.2, 0.25) is 0 Å². The summed E-state index contributed by atoms with van der Waals surface area (Å²) >= 11 is 0. The Morgan fingerprint density at radius 2 is 1.67 bits per heavy atom. The van der Waals surface area contributed by atoms with E-state index in [9.17, 15) is 9.59 Å². The number of nitrogens with one attached hydrogen (secondary N) is 2. The quantitative estimate of drug-likeness (QED) is 0.340. The van der Waals surface area contributed by atoms with E-state index in [2.05, 4.69) is 17.2 Å². The molecule has 9 heteroatoms. The van der Waals surface area contributed by atoms with Gasteiger partial charge in [0.05, 0.1) is 31.2 Å². The molecule has 1 amide bonds. The number of rotatable bonds is 8. The third-order valence-electron chi connectivity index (χ3n) is 5.84. The molecule has 39 heavy (non-hydrogen) atoms. The summed E-state index contributed by atoms with van der Waals surface area (Å²) in [5.74, 6) is 0.333. The van der Waals surface area contributed by atoms with E-state index in [1.807, 2.05) is 42.4 Å². The summed E-state index contributed by atoms with van der Waals surface area (Å²) in [4.78, 5) is 30.7. The Balaban J connectivity index is 1.61. The standard InChI is InChI=1S/C30H28N4O5/c1-5-15-34-18-25(33-28(19(34)2)31-24-13-14-26(38-3)27(17-24)39-4)21-7-6-8-22(16-21)29(35)32-23-11-9-20(10-12-23)30(36)37/h5-18H,2H2,1,3-4H3,(H,31,33)(H,32,35)(H,36,37)/b15-5-. The second-order valence-electron chi connectivity index (χ2n) is 8.42. The van der Waals surface area contributed by atoms with Crippen molar-refractivity contribution >= 4 is 34.8 Å². The Labute approximate surface area is 226 Å². The van der Waals surface area contributed by atoms with Crippen molar-refractivity contribution < 1.29 is 24.2 Å². The number of amides is 1. The van der Waals surface area contributed by atoms with Crippen LogP contribution in [0, 0.1) is 0 Å². The number of hydrogen-bond donors (Lipinski definition) is 3. The highest BCUT2D eigenvalue weighted by molar-refractivity contribution is 6.11. The molecule has 0 aliphatic carbocycles. The van der Waals surface area contributed by atoms with Gasteiger partial charge in [-0.05, 0) is 55.5 Å². The third-order valence-corrected chi connectivity index (χ3v) is 5.84. The van der Waals surface area contributed by atoms with E-state index in [1.165, 1.54) is 12.1 Å². The Morgan fingerprint density at radius 3 is 2.33 bits per heavy atom. The molecule has 1 aliphatic rings. The summed E-state index contributed by atoms with van der Waals surface area (Å²) in [5.41, 5.74) is 3.74. The Bertz CT molecular complexity index is 1510. The molecule has 0 atom stereocenters. The molecule has 1 heterocycles. The number of anilines is 2. The normalized spacial score (nSPS) is 13.0. The SMILES string of the molecule is C=C1C(Nc2ccc(OC)c(OC)c2)=NC(c2cccc(C(=O)Nc3ccc(C(=O)O)cc3)c2)=CN1/C=C\C. The number of carboxylic acids is 1. The maximum absolute atomic E-state index is 13.0. The van der Waals surface area contributed by atoms with Gasteiger partial charge in [0.25, 0.3) is 5.91 Å². The summed E-state index contributed by atoms with van der Waals surface area (Å²) in [5, 5.41) is 15.2. The first-order valence-electron chi connectivity index (χ1n) is 12.0. The lowest BCUT2D eigenvalue weighted by atomic mass is 10.1. The van der Waals surface area contributed by atoms with Crippen molar-refractivity contribution in [1.29, 1.82) is 0 Å². The number of amidine groups is 1. The Hall–Kier alpha value is -5.31. The summed E-state index contributed by atoms with van der Waals surface area (Å²) in [6.07, 6.45) is 5.59. The number of carbonyl (C=O) groups excluding carboxylic acids is 1.